The van der Waals surface area contributed by atoms with E-state index < -0.39 is 6.10 Å². The number of carbonyl (C=O) groups is 1. The minimum Gasteiger partial charge on any atom is -0.383 e. The van der Waals surface area contributed by atoms with Crippen LogP contribution in [0.25, 0.3) is 0 Å². The second kappa shape index (κ2) is 9.73. The molecule has 0 saturated heterocycles. The number of methoxy groups -OCH3 is 1. The van der Waals surface area contributed by atoms with Crippen molar-refractivity contribution in [3.8, 4) is 0 Å². The molecule has 118 valence electrons. The van der Waals surface area contributed by atoms with Crippen molar-refractivity contribution in [2.75, 3.05) is 40.0 Å². The van der Waals surface area contributed by atoms with Crippen LogP contribution < -0.4 is 10.6 Å². The second-order valence-electron chi connectivity index (χ2n) is 4.73. The molecule has 1 aliphatic rings. The van der Waals surface area contributed by atoms with Crippen LogP contribution in [0.1, 0.15) is 17.2 Å². The van der Waals surface area contributed by atoms with E-state index in [0.717, 1.165) is 25.1 Å². The number of carbonyl (C=O) groups excluding carboxylic acids is 1. The van der Waals surface area contributed by atoms with Crippen LogP contribution in [-0.2, 0) is 20.7 Å². The highest BCUT2D eigenvalue weighted by molar-refractivity contribution is 5.85. The van der Waals surface area contributed by atoms with Gasteiger partial charge in [-0.1, -0.05) is 24.3 Å². The van der Waals surface area contributed by atoms with Crippen LogP contribution >= 0.6 is 12.4 Å². The Bertz CT molecular complexity index is 443. The summed E-state index contributed by atoms with van der Waals surface area (Å²) in [6, 6.07) is 7.97. The number of nitrogens with one attached hydrogen (secondary N) is 2. The van der Waals surface area contributed by atoms with E-state index in [1.807, 2.05) is 18.2 Å². The van der Waals surface area contributed by atoms with Gasteiger partial charge in [0.25, 0.3) is 5.91 Å². The normalized spacial score (nSPS) is 16.7. The average molecular weight is 315 g/mol. The van der Waals surface area contributed by atoms with Gasteiger partial charge in [-0.25, -0.2) is 0 Å². The number of hydrogen-bond donors (Lipinski definition) is 2. The molecule has 1 aromatic rings. The maximum absolute atomic E-state index is 12.2. The Morgan fingerprint density at radius 2 is 2.14 bits per heavy atom. The van der Waals surface area contributed by atoms with Gasteiger partial charge in [0, 0.05) is 26.7 Å². The van der Waals surface area contributed by atoms with Crippen molar-refractivity contribution >= 4 is 18.3 Å². The Morgan fingerprint density at radius 1 is 1.33 bits per heavy atom. The van der Waals surface area contributed by atoms with Crippen molar-refractivity contribution in [3.05, 3.63) is 35.4 Å². The van der Waals surface area contributed by atoms with E-state index in [4.69, 9.17) is 9.47 Å². The molecule has 0 spiro atoms. The van der Waals surface area contributed by atoms with Crippen LogP contribution in [0, 0.1) is 0 Å². The summed E-state index contributed by atoms with van der Waals surface area (Å²) in [5.74, 6) is -0.0642. The summed E-state index contributed by atoms with van der Waals surface area (Å²) in [5.41, 5.74) is 2.20. The van der Waals surface area contributed by atoms with Gasteiger partial charge in [0.1, 0.15) is 0 Å². The Hall–Kier alpha value is -1.14. The number of amides is 1. The van der Waals surface area contributed by atoms with Crippen molar-refractivity contribution in [2.45, 2.75) is 12.5 Å². The third kappa shape index (κ3) is 5.28. The highest BCUT2D eigenvalue weighted by Gasteiger charge is 2.26. The fourth-order valence-corrected chi connectivity index (χ4v) is 2.28. The largest absolute Gasteiger partial charge is 0.383 e. The number of benzene rings is 1. The molecule has 21 heavy (non-hydrogen) atoms. The van der Waals surface area contributed by atoms with E-state index in [1.165, 1.54) is 5.56 Å². The molecule has 0 radical (unpaired) electrons. The van der Waals surface area contributed by atoms with Gasteiger partial charge >= 0.3 is 0 Å². The zero-order valence-electron chi connectivity index (χ0n) is 12.3. The summed E-state index contributed by atoms with van der Waals surface area (Å²) in [5, 5.41) is 6.09. The van der Waals surface area contributed by atoms with Gasteiger partial charge in [0.2, 0.25) is 0 Å². The highest BCUT2D eigenvalue weighted by atomic mass is 35.5. The SMILES string of the molecule is COCCNCCNC(=O)C1OCCc2ccccc21.Cl. The van der Waals surface area contributed by atoms with Crippen LogP contribution in [0.15, 0.2) is 24.3 Å². The maximum atomic E-state index is 12.2. The quantitative estimate of drug-likeness (QED) is 0.739. The summed E-state index contributed by atoms with van der Waals surface area (Å²) in [6.07, 6.45) is 0.400. The Kier molecular flexibility index (Phi) is 8.30. The Morgan fingerprint density at radius 3 is 2.95 bits per heavy atom. The van der Waals surface area contributed by atoms with Crippen LogP contribution in [-0.4, -0.2) is 45.9 Å². The number of fused-ring (bicyclic) bond motifs is 1. The number of hydrogen-bond acceptors (Lipinski definition) is 4. The van der Waals surface area contributed by atoms with E-state index in [1.54, 1.807) is 7.11 Å². The van der Waals surface area contributed by atoms with E-state index in [2.05, 4.69) is 16.7 Å². The molecule has 0 aliphatic carbocycles. The lowest BCUT2D eigenvalue weighted by Crippen LogP contribution is -2.38. The Labute approximate surface area is 131 Å². The van der Waals surface area contributed by atoms with E-state index in [9.17, 15) is 4.79 Å². The molecule has 1 heterocycles. The summed E-state index contributed by atoms with van der Waals surface area (Å²) in [6.45, 7) is 3.37. The van der Waals surface area contributed by atoms with Crippen molar-refractivity contribution in [1.82, 2.24) is 10.6 Å². The highest BCUT2D eigenvalue weighted by Crippen LogP contribution is 2.26. The smallest absolute Gasteiger partial charge is 0.253 e. The third-order valence-corrected chi connectivity index (χ3v) is 3.32. The van der Waals surface area contributed by atoms with E-state index in [-0.39, 0.29) is 18.3 Å². The molecule has 1 atom stereocenters. The Balaban J connectivity index is 0.00000220. The molecule has 2 rings (SSSR count). The summed E-state index contributed by atoms with van der Waals surface area (Å²) < 4.78 is 10.5. The van der Waals surface area contributed by atoms with Crippen LogP contribution in [0.5, 0.6) is 0 Å². The van der Waals surface area contributed by atoms with Crippen molar-refractivity contribution < 1.29 is 14.3 Å². The summed E-state index contributed by atoms with van der Waals surface area (Å²) in [4.78, 5) is 12.2. The number of ether oxygens (including phenoxy) is 2. The zero-order valence-corrected chi connectivity index (χ0v) is 13.1. The van der Waals surface area contributed by atoms with Gasteiger partial charge in [-0.3, -0.25) is 4.79 Å². The van der Waals surface area contributed by atoms with Crippen LogP contribution in [0.3, 0.4) is 0 Å². The molecule has 0 fully saturated rings. The molecule has 1 aliphatic heterocycles. The van der Waals surface area contributed by atoms with Gasteiger partial charge in [0.05, 0.1) is 13.2 Å². The fraction of sp³-hybridized carbons (Fsp3) is 0.533. The molecule has 1 amide bonds. The van der Waals surface area contributed by atoms with Crippen molar-refractivity contribution in [2.24, 2.45) is 0 Å². The van der Waals surface area contributed by atoms with Crippen LogP contribution in [0.4, 0.5) is 0 Å². The average Bonchev–Trinajstić information content (AvgIpc) is 2.50. The molecule has 0 saturated carbocycles. The monoisotopic (exact) mass is 314 g/mol. The van der Waals surface area contributed by atoms with E-state index in [0.29, 0.717) is 19.8 Å². The molecule has 6 heteroatoms. The summed E-state index contributed by atoms with van der Waals surface area (Å²) >= 11 is 0. The third-order valence-electron chi connectivity index (χ3n) is 3.32. The van der Waals surface area contributed by atoms with E-state index >= 15 is 0 Å². The minimum absolute atomic E-state index is 0. The lowest BCUT2D eigenvalue weighted by Gasteiger charge is -2.25. The minimum atomic E-state index is -0.473. The molecule has 1 unspecified atom stereocenters. The standard InChI is InChI=1S/C15H22N2O3.ClH/c1-19-11-9-16-7-8-17-15(18)14-13-5-3-2-4-12(13)6-10-20-14;/h2-5,14,16H,6-11H2,1H3,(H,17,18);1H. The number of rotatable bonds is 7. The van der Waals surface area contributed by atoms with Gasteiger partial charge in [-0.2, -0.15) is 0 Å². The number of halogens is 1. The molecular formula is C15H23ClN2O3. The molecule has 0 bridgehead atoms. The topological polar surface area (TPSA) is 59.6 Å². The molecule has 2 N–H and O–H groups in total. The molecule has 5 nitrogen and oxygen atoms in total. The summed E-state index contributed by atoms with van der Waals surface area (Å²) in [7, 11) is 1.67. The zero-order chi connectivity index (χ0) is 14.2. The van der Waals surface area contributed by atoms with Gasteiger partial charge < -0.3 is 20.1 Å². The van der Waals surface area contributed by atoms with Crippen molar-refractivity contribution in [1.29, 1.82) is 0 Å². The van der Waals surface area contributed by atoms with Gasteiger partial charge in [-0.15, -0.1) is 12.4 Å². The first-order chi connectivity index (χ1) is 9.83. The first kappa shape index (κ1) is 17.9. The lowest BCUT2D eigenvalue weighted by atomic mass is 9.97. The predicted molar refractivity (Wildman–Crippen MR) is 83.8 cm³/mol. The predicted octanol–water partition coefficient (Wildman–Crippen LogP) is 1.07. The van der Waals surface area contributed by atoms with Crippen LogP contribution in [0.2, 0.25) is 0 Å². The van der Waals surface area contributed by atoms with Crippen molar-refractivity contribution in [3.63, 3.8) is 0 Å². The molecular weight excluding hydrogens is 292 g/mol. The fourth-order valence-electron chi connectivity index (χ4n) is 2.28. The molecule has 0 aromatic heterocycles. The van der Waals surface area contributed by atoms with Gasteiger partial charge in [0.15, 0.2) is 6.10 Å². The first-order valence-electron chi connectivity index (χ1n) is 6.99. The van der Waals surface area contributed by atoms with Gasteiger partial charge in [-0.05, 0) is 17.5 Å². The maximum Gasteiger partial charge on any atom is 0.253 e. The lowest BCUT2D eigenvalue weighted by molar-refractivity contribution is -0.134. The first-order valence-corrected chi connectivity index (χ1v) is 6.99. The molecule has 1 aromatic carbocycles. The second-order valence-corrected chi connectivity index (χ2v) is 4.73.